The number of aromatic nitrogens is 2. The number of benzene rings is 2. The summed E-state index contributed by atoms with van der Waals surface area (Å²) in [7, 11) is 0. The van der Waals surface area contributed by atoms with Gasteiger partial charge in [-0.3, -0.25) is 9.69 Å². The van der Waals surface area contributed by atoms with Gasteiger partial charge in [-0.1, -0.05) is 54.6 Å². The summed E-state index contributed by atoms with van der Waals surface area (Å²) in [6.45, 7) is 0. The summed E-state index contributed by atoms with van der Waals surface area (Å²) in [6, 6.07) is 20.7. The maximum absolute atomic E-state index is 14.6. The first kappa shape index (κ1) is 20.7. The van der Waals surface area contributed by atoms with Crippen LogP contribution in [-0.4, -0.2) is 38.3 Å². The Labute approximate surface area is 212 Å². The van der Waals surface area contributed by atoms with Crippen molar-refractivity contribution in [2.45, 2.75) is 23.9 Å². The number of fused-ring (bicyclic) bond motifs is 8. The van der Waals surface area contributed by atoms with E-state index >= 15 is 0 Å². The summed E-state index contributed by atoms with van der Waals surface area (Å²) in [6.07, 6.45) is 8.46. The largest absolute Gasteiger partial charge is 0.469 e. The van der Waals surface area contributed by atoms with E-state index in [9.17, 15) is 4.79 Å². The summed E-state index contributed by atoms with van der Waals surface area (Å²) >= 11 is 1.92. The predicted octanol–water partition coefficient (Wildman–Crippen LogP) is 5.69. The molecule has 2 aromatic heterocycles. The van der Waals surface area contributed by atoms with Gasteiger partial charge in [-0.25, -0.2) is 9.97 Å². The Morgan fingerprint density at radius 1 is 1.03 bits per heavy atom. The van der Waals surface area contributed by atoms with E-state index in [1.165, 1.54) is 0 Å². The third-order valence-electron chi connectivity index (χ3n) is 8.36. The second kappa shape index (κ2) is 7.51. The number of ketones is 1. The molecule has 0 bridgehead atoms. The van der Waals surface area contributed by atoms with Gasteiger partial charge in [0, 0.05) is 29.2 Å². The van der Waals surface area contributed by atoms with Gasteiger partial charge in [-0.15, -0.1) is 11.8 Å². The summed E-state index contributed by atoms with van der Waals surface area (Å²) in [4.78, 5) is 27.6. The number of Topliss-reactive ketones (excluding diaryl/α,β-unsaturated/α-hetero) is 1. The lowest BCUT2D eigenvalue weighted by Crippen LogP contribution is -2.48. The van der Waals surface area contributed by atoms with Crippen LogP contribution in [0.4, 0.5) is 0 Å². The van der Waals surface area contributed by atoms with Crippen molar-refractivity contribution in [1.29, 1.82) is 0 Å². The van der Waals surface area contributed by atoms with Crippen LogP contribution in [0.3, 0.4) is 0 Å². The van der Waals surface area contributed by atoms with E-state index < -0.39 is 5.54 Å². The predicted molar refractivity (Wildman–Crippen MR) is 140 cm³/mol. The van der Waals surface area contributed by atoms with Gasteiger partial charge in [-0.2, -0.15) is 0 Å². The first-order valence-electron chi connectivity index (χ1n) is 12.4. The van der Waals surface area contributed by atoms with Crippen molar-refractivity contribution >= 4 is 28.6 Å². The number of carbonyl (C=O) groups excluding carboxylic acids is 1. The third kappa shape index (κ3) is 2.53. The molecule has 2 aliphatic heterocycles. The molecule has 6 heteroatoms. The standard InChI is InChI=1S/C30H23N3O2S/c34-28(18-8-1-2-9-18)26-25(24-14-7-15-35-24)23-16-36-17-33(23)30(26)20-11-4-3-10-19(20)27-29(30)32-22-13-6-5-12-21(22)31-27/h1-8,10-15,23,25-26H,9,16-17H2/t23?,25-,26+,30+/m1/s1. The highest BCUT2D eigenvalue weighted by molar-refractivity contribution is 7.99. The van der Waals surface area contributed by atoms with Gasteiger partial charge in [-0.05, 0) is 41.8 Å². The Bertz CT molecular complexity index is 1610. The Morgan fingerprint density at radius 2 is 1.86 bits per heavy atom. The zero-order valence-corrected chi connectivity index (χ0v) is 20.3. The van der Waals surface area contributed by atoms with Crippen LogP contribution in [0, 0.1) is 5.92 Å². The summed E-state index contributed by atoms with van der Waals surface area (Å²) in [5.74, 6) is 2.43. The summed E-state index contributed by atoms with van der Waals surface area (Å²) in [5.41, 5.74) is 5.94. The third-order valence-corrected chi connectivity index (χ3v) is 9.40. The molecule has 4 atom stereocenters. The minimum absolute atomic E-state index is 0.0729. The van der Waals surface area contributed by atoms with Crippen molar-refractivity contribution in [2.24, 2.45) is 5.92 Å². The highest BCUT2D eigenvalue weighted by Gasteiger charge is 2.69. The molecule has 2 aromatic carbocycles. The first-order valence-corrected chi connectivity index (χ1v) is 13.6. The number of furan rings is 1. The zero-order chi connectivity index (χ0) is 23.9. The number of carbonyl (C=O) groups is 1. The quantitative estimate of drug-likeness (QED) is 0.368. The number of rotatable bonds is 3. The molecule has 5 nitrogen and oxygen atoms in total. The fourth-order valence-electron chi connectivity index (χ4n) is 7.01. The molecule has 1 spiro atoms. The van der Waals surface area contributed by atoms with Crippen LogP contribution in [0.2, 0.25) is 0 Å². The van der Waals surface area contributed by atoms with Crippen molar-refractivity contribution in [3.63, 3.8) is 0 Å². The Morgan fingerprint density at radius 3 is 2.67 bits per heavy atom. The molecule has 4 aliphatic rings. The zero-order valence-electron chi connectivity index (χ0n) is 19.5. The maximum atomic E-state index is 14.6. The number of para-hydroxylation sites is 2. The van der Waals surface area contributed by atoms with Crippen molar-refractivity contribution in [3.8, 4) is 11.3 Å². The lowest BCUT2D eigenvalue weighted by atomic mass is 9.70. The van der Waals surface area contributed by atoms with Crippen LogP contribution in [0.5, 0.6) is 0 Å². The maximum Gasteiger partial charge on any atom is 0.165 e. The summed E-state index contributed by atoms with van der Waals surface area (Å²) in [5, 5.41) is 0. The Balaban J connectivity index is 1.48. The topological polar surface area (TPSA) is 59.2 Å². The van der Waals surface area contributed by atoms with Gasteiger partial charge >= 0.3 is 0 Å². The molecule has 36 heavy (non-hydrogen) atoms. The van der Waals surface area contributed by atoms with E-state index in [1.54, 1.807) is 6.26 Å². The Hall–Kier alpha value is -3.48. The normalized spacial score (nSPS) is 28.0. The van der Waals surface area contributed by atoms with E-state index in [1.807, 2.05) is 60.3 Å². The minimum Gasteiger partial charge on any atom is -0.469 e. The highest BCUT2D eigenvalue weighted by Crippen LogP contribution is 2.65. The van der Waals surface area contributed by atoms with Crippen LogP contribution in [-0.2, 0) is 10.3 Å². The van der Waals surface area contributed by atoms with Gasteiger partial charge in [0.2, 0.25) is 0 Å². The first-order chi connectivity index (χ1) is 17.8. The molecule has 1 unspecified atom stereocenters. The number of thioether (sulfide) groups is 1. The lowest BCUT2D eigenvalue weighted by Gasteiger charge is -2.39. The van der Waals surface area contributed by atoms with Crippen LogP contribution in [0.25, 0.3) is 22.3 Å². The van der Waals surface area contributed by atoms with E-state index in [0.717, 1.165) is 56.5 Å². The average Bonchev–Trinajstić information content (AvgIpc) is 3.74. The van der Waals surface area contributed by atoms with Gasteiger partial charge < -0.3 is 4.42 Å². The van der Waals surface area contributed by atoms with Crippen LogP contribution < -0.4 is 0 Å². The lowest BCUT2D eigenvalue weighted by molar-refractivity contribution is -0.122. The van der Waals surface area contributed by atoms with Gasteiger partial charge in [0.25, 0.3) is 0 Å². The SMILES string of the molecule is O=C(C1=CC=CC1)[C@@H]1[C@@H](c2ccco2)C2CSCN2[C@@]12c1ccccc1-c1nc3ccccc3nc12. The molecule has 4 heterocycles. The average molecular weight is 490 g/mol. The van der Waals surface area contributed by atoms with E-state index in [-0.39, 0.29) is 23.7 Å². The highest BCUT2D eigenvalue weighted by atomic mass is 32.2. The van der Waals surface area contributed by atoms with Gasteiger partial charge in [0.1, 0.15) is 11.3 Å². The number of nitrogens with zero attached hydrogens (tertiary/aromatic N) is 3. The molecule has 176 valence electrons. The Kier molecular flexibility index (Phi) is 4.32. The molecule has 0 amide bonds. The van der Waals surface area contributed by atoms with Crippen LogP contribution >= 0.6 is 11.8 Å². The van der Waals surface area contributed by atoms with Gasteiger partial charge in [0.15, 0.2) is 5.78 Å². The fraction of sp³-hybridized carbons (Fsp3) is 0.233. The smallest absolute Gasteiger partial charge is 0.165 e. The number of hydrogen-bond acceptors (Lipinski definition) is 6. The second-order valence-electron chi connectivity index (χ2n) is 9.97. The van der Waals surface area contributed by atoms with Crippen molar-refractivity contribution in [3.05, 3.63) is 108 Å². The monoisotopic (exact) mass is 489 g/mol. The number of allylic oxidation sites excluding steroid dienone is 4. The molecule has 0 N–H and O–H groups in total. The summed E-state index contributed by atoms with van der Waals surface area (Å²) < 4.78 is 6.06. The second-order valence-corrected chi connectivity index (χ2v) is 11.0. The fourth-order valence-corrected chi connectivity index (χ4v) is 8.33. The van der Waals surface area contributed by atoms with E-state index in [2.05, 4.69) is 35.2 Å². The van der Waals surface area contributed by atoms with Crippen molar-refractivity contribution in [1.82, 2.24) is 14.9 Å². The molecular weight excluding hydrogens is 466 g/mol. The van der Waals surface area contributed by atoms with Gasteiger partial charge in [0.05, 0.1) is 34.6 Å². The van der Waals surface area contributed by atoms with Crippen molar-refractivity contribution in [2.75, 3.05) is 11.6 Å². The molecule has 0 saturated carbocycles. The van der Waals surface area contributed by atoms with E-state index in [0.29, 0.717) is 6.42 Å². The molecular formula is C30H23N3O2S. The molecule has 2 aliphatic carbocycles. The van der Waals surface area contributed by atoms with Crippen LogP contribution in [0.1, 0.15) is 29.4 Å². The number of hydrogen-bond donors (Lipinski definition) is 0. The molecule has 0 radical (unpaired) electrons. The van der Waals surface area contributed by atoms with Crippen LogP contribution in [0.15, 0.2) is 95.1 Å². The molecule has 2 saturated heterocycles. The molecule has 4 aromatic rings. The van der Waals surface area contributed by atoms with E-state index in [4.69, 9.17) is 14.4 Å². The van der Waals surface area contributed by atoms with Crippen molar-refractivity contribution < 1.29 is 9.21 Å². The molecule has 8 rings (SSSR count). The minimum atomic E-state index is -0.699. The molecule has 2 fully saturated rings.